The van der Waals surface area contributed by atoms with Crippen LogP contribution in [0.25, 0.3) is 10.3 Å². The summed E-state index contributed by atoms with van der Waals surface area (Å²) in [5.74, 6) is -0.829. The normalized spacial score (nSPS) is 16.7. The molecule has 0 atom stereocenters. The summed E-state index contributed by atoms with van der Waals surface area (Å²) in [5.41, 5.74) is 1.96. The highest BCUT2D eigenvalue weighted by molar-refractivity contribution is 7.21. The lowest BCUT2D eigenvalue weighted by atomic mass is 10.0. The number of fused-ring (bicyclic) bond motifs is 2. The third-order valence-corrected chi connectivity index (χ3v) is 6.37. The standard InChI is InChI=1S/C20H17N5O3S/c1-23-18(27)13-5-4-12(11-14(13)19(23)28)17(26)24-7-9-25(10-8-24)20-22-15-3-2-6-21-16(15)29-20/h2-6,11H,7-10H2,1H3. The predicted octanol–water partition coefficient (Wildman–Crippen LogP) is 1.88. The summed E-state index contributed by atoms with van der Waals surface area (Å²) in [6.45, 7) is 2.48. The number of amides is 3. The van der Waals surface area contributed by atoms with Crippen LogP contribution in [0.5, 0.6) is 0 Å². The fourth-order valence-electron chi connectivity index (χ4n) is 3.67. The number of hydrogen-bond donors (Lipinski definition) is 0. The molecule has 2 aromatic heterocycles. The second-order valence-corrected chi connectivity index (χ2v) is 7.99. The quantitative estimate of drug-likeness (QED) is 0.603. The Morgan fingerprint density at radius 3 is 2.55 bits per heavy atom. The fraction of sp³-hybridized carbons (Fsp3) is 0.250. The van der Waals surface area contributed by atoms with E-state index in [1.807, 2.05) is 12.1 Å². The fourth-order valence-corrected chi connectivity index (χ4v) is 4.63. The van der Waals surface area contributed by atoms with Crippen molar-refractivity contribution in [2.24, 2.45) is 0 Å². The van der Waals surface area contributed by atoms with Crippen molar-refractivity contribution in [1.82, 2.24) is 19.8 Å². The van der Waals surface area contributed by atoms with Crippen LogP contribution in [-0.4, -0.2) is 70.7 Å². The first-order valence-electron chi connectivity index (χ1n) is 9.25. The molecule has 0 saturated carbocycles. The number of thiazole rings is 1. The molecule has 9 heteroatoms. The van der Waals surface area contributed by atoms with Crippen molar-refractivity contribution >= 4 is 44.5 Å². The lowest BCUT2D eigenvalue weighted by Gasteiger charge is -2.34. The molecular weight excluding hydrogens is 390 g/mol. The molecule has 1 aromatic carbocycles. The number of rotatable bonds is 2. The van der Waals surface area contributed by atoms with E-state index in [0.29, 0.717) is 42.9 Å². The van der Waals surface area contributed by atoms with Gasteiger partial charge in [-0.15, -0.1) is 0 Å². The van der Waals surface area contributed by atoms with Crippen LogP contribution in [0.4, 0.5) is 5.13 Å². The molecule has 1 fully saturated rings. The Bertz CT molecular complexity index is 1130. The minimum Gasteiger partial charge on any atom is -0.344 e. The Hall–Kier alpha value is -3.33. The zero-order chi connectivity index (χ0) is 20.1. The maximum absolute atomic E-state index is 12.9. The first kappa shape index (κ1) is 17.7. The number of pyridine rings is 1. The Balaban J connectivity index is 1.30. The van der Waals surface area contributed by atoms with Gasteiger partial charge in [-0.25, -0.2) is 9.97 Å². The molecule has 1 saturated heterocycles. The third kappa shape index (κ3) is 2.85. The van der Waals surface area contributed by atoms with Gasteiger partial charge in [0.2, 0.25) is 0 Å². The van der Waals surface area contributed by atoms with E-state index >= 15 is 0 Å². The Morgan fingerprint density at radius 1 is 1.03 bits per heavy atom. The van der Waals surface area contributed by atoms with Crippen molar-refractivity contribution in [2.45, 2.75) is 0 Å². The highest BCUT2D eigenvalue weighted by Gasteiger charge is 2.34. The minimum atomic E-state index is -0.367. The maximum atomic E-state index is 12.9. The average molecular weight is 407 g/mol. The first-order chi connectivity index (χ1) is 14.0. The molecule has 2 aliphatic rings. The maximum Gasteiger partial charge on any atom is 0.261 e. The molecule has 0 spiro atoms. The molecule has 29 heavy (non-hydrogen) atoms. The summed E-state index contributed by atoms with van der Waals surface area (Å²) in [6.07, 6.45) is 1.76. The molecule has 2 aliphatic heterocycles. The highest BCUT2D eigenvalue weighted by Crippen LogP contribution is 2.28. The Kier molecular flexibility index (Phi) is 4.06. The van der Waals surface area contributed by atoms with Crippen LogP contribution >= 0.6 is 11.3 Å². The number of carbonyl (C=O) groups excluding carboxylic acids is 3. The van der Waals surface area contributed by atoms with Crippen molar-refractivity contribution in [3.63, 3.8) is 0 Å². The van der Waals surface area contributed by atoms with Gasteiger partial charge in [0.25, 0.3) is 17.7 Å². The van der Waals surface area contributed by atoms with Gasteiger partial charge in [-0.2, -0.15) is 0 Å². The SMILES string of the molecule is CN1C(=O)c2ccc(C(=O)N3CCN(c4nc5cccnc5s4)CC3)cc2C1=O. The van der Waals surface area contributed by atoms with Gasteiger partial charge in [-0.05, 0) is 30.3 Å². The Labute approximate surface area is 170 Å². The number of nitrogens with zero attached hydrogens (tertiary/aromatic N) is 5. The van der Waals surface area contributed by atoms with E-state index in [0.717, 1.165) is 20.4 Å². The van der Waals surface area contributed by atoms with Gasteiger partial charge in [0.15, 0.2) is 5.13 Å². The van der Waals surface area contributed by atoms with E-state index in [1.54, 1.807) is 34.6 Å². The molecule has 0 bridgehead atoms. The summed E-state index contributed by atoms with van der Waals surface area (Å²) < 4.78 is 0. The zero-order valence-electron chi connectivity index (χ0n) is 15.7. The van der Waals surface area contributed by atoms with Crippen molar-refractivity contribution < 1.29 is 14.4 Å². The molecule has 0 N–H and O–H groups in total. The summed E-state index contributed by atoms with van der Waals surface area (Å²) in [4.78, 5) is 52.0. The lowest BCUT2D eigenvalue weighted by molar-refractivity contribution is 0.0692. The second-order valence-electron chi connectivity index (χ2n) is 7.03. The molecular formula is C20H17N5O3S. The number of piperazine rings is 1. The van der Waals surface area contributed by atoms with Gasteiger partial charge in [-0.1, -0.05) is 11.3 Å². The molecule has 146 valence electrons. The zero-order valence-corrected chi connectivity index (χ0v) is 16.5. The molecule has 3 amide bonds. The molecule has 0 unspecified atom stereocenters. The van der Waals surface area contributed by atoms with Gasteiger partial charge in [0.1, 0.15) is 10.3 Å². The van der Waals surface area contributed by atoms with Crippen LogP contribution < -0.4 is 4.90 Å². The van der Waals surface area contributed by atoms with Crippen LogP contribution in [0.3, 0.4) is 0 Å². The summed E-state index contributed by atoms with van der Waals surface area (Å²) in [5, 5.41) is 0.912. The topological polar surface area (TPSA) is 86.7 Å². The van der Waals surface area contributed by atoms with Crippen molar-refractivity contribution in [1.29, 1.82) is 0 Å². The number of hydrogen-bond acceptors (Lipinski definition) is 7. The number of aromatic nitrogens is 2. The van der Waals surface area contributed by atoms with E-state index in [9.17, 15) is 14.4 Å². The van der Waals surface area contributed by atoms with E-state index in [1.165, 1.54) is 13.1 Å². The van der Waals surface area contributed by atoms with E-state index in [4.69, 9.17) is 0 Å². The van der Waals surface area contributed by atoms with E-state index in [-0.39, 0.29) is 17.7 Å². The number of imide groups is 1. The predicted molar refractivity (Wildman–Crippen MR) is 108 cm³/mol. The highest BCUT2D eigenvalue weighted by atomic mass is 32.1. The van der Waals surface area contributed by atoms with Crippen molar-refractivity contribution in [2.75, 3.05) is 38.1 Å². The van der Waals surface area contributed by atoms with Crippen LogP contribution in [0.2, 0.25) is 0 Å². The second kappa shape index (κ2) is 6.63. The van der Waals surface area contributed by atoms with Crippen molar-refractivity contribution in [3.8, 4) is 0 Å². The molecule has 4 heterocycles. The van der Waals surface area contributed by atoms with Gasteiger partial charge in [0, 0.05) is 45.0 Å². The van der Waals surface area contributed by atoms with Gasteiger partial charge >= 0.3 is 0 Å². The average Bonchev–Trinajstić information content (AvgIpc) is 3.29. The van der Waals surface area contributed by atoms with Gasteiger partial charge < -0.3 is 9.80 Å². The number of anilines is 1. The third-order valence-electron chi connectivity index (χ3n) is 5.33. The van der Waals surface area contributed by atoms with Crippen LogP contribution in [-0.2, 0) is 0 Å². The van der Waals surface area contributed by atoms with E-state index < -0.39 is 0 Å². The summed E-state index contributed by atoms with van der Waals surface area (Å²) >= 11 is 1.55. The molecule has 8 nitrogen and oxygen atoms in total. The molecule has 0 aliphatic carbocycles. The Morgan fingerprint density at radius 2 is 1.79 bits per heavy atom. The molecule has 5 rings (SSSR count). The number of benzene rings is 1. The molecule has 0 radical (unpaired) electrons. The van der Waals surface area contributed by atoms with E-state index in [2.05, 4.69) is 14.9 Å². The van der Waals surface area contributed by atoms with Crippen molar-refractivity contribution in [3.05, 3.63) is 53.2 Å². The van der Waals surface area contributed by atoms with Gasteiger partial charge in [-0.3, -0.25) is 19.3 Å². The monoisotopic (exact) mass is 407 g/mol. The first-order valence-corrected chi connectivity index (χ1v) is 10.1. The number of carbonyl (C=O) groups is 3. The summed E-state index contributed by atoms with van der Waals surface area (Å²) in [7, 11) is 1.45. The lowest BCUT2D eigenvalue weighted by Crippen LogP contribution is -2.48. The van der Waals surface area contributed by atoms with Gasteiger partial charge in [0.05, 0.1) is 11.1 Å². The molecule has 3 aromatic rings. The van der Waals surface area contributed by atoms with Crippen LogP contribution in [0, 0.1) is 0 Å². The van der Waals surface area contributed by atoms with Crippen LogP contribution in [0.15, 0.2) is 36.5 Å². The minimum absolute atomic E-state index is 0.131. The summed E-state index contributed by atoms with van der Waals surface area (Å²) in [6, 6.07) is 8.54. The van der Waals surface area contributed by atoms with Crippen LogP contribution in [0.1, 0.15) is 31.1 Å². The largest absolute Gasteiger partial charge is 0.344 e. The smallest absolute Gasteiger partial charge is 0.261 e.